The standard InChI is InChI=1S/C27H29ClN4O5S/c1-5-14-10-27(14,26(34)35)32-24(33)17-8-15(11-29-17)37-21-9-18(25-31-19(12-38-25)13(2)3)30-23-16(21)6-7-20(36-4)22(23)28/h5-7,9,12-15,17,29H,1,8,10-11H2,2-4H3,(H,32,33)(H,34,35). The molecular weight excluding hydrogens is 528 g/mol. The van der Waals surface area contributed by atoms with Crippen molar-refractivity contribution in [1.82, 2.24) is 20.6 Å². The number of aliphatic carboxylic acids is 1. The summed E-state index contributed by atoms with van der Waals surface area (Å²) in [6.07, 6.45) is 1.96. The number of amides is 1. The van der Waals surface area contributed by atoms with E-state index in [1.807, 2.05) is 17.5 Å². The predicted molar refractivity (Wildman–Crippen MR) is 146 cm³/mol. The number of hydrogen-bond donors (Lipinski definition) is 3. The third kappa shape index (κ3) is 4.72. The molecule has 1 amide bonds. The number of aromatic nitrogens is 2. The largest absolute Gasteiger partial charge is 0.495 e. The number of rotatable bonds is 9. The first-order chi connectivity index (χ1) is 18.2. The molecule has 11 heteroatoms. The van der Waals surface area contributed by atoms with Gasteiger partial charge in [-0.2, -0.15) is 0 Å². The van der Waals surface area contributed by atoms with Gasteiger partial charge in [-0.05, 0) is 24.5 Å². The van der Waals surface area contributed by atoms with Gasteiger partial charge in [0.1, 0.15) is 38.9 Å². The highest BCUT2D eigenvalue weighted by Crippen LogP contribution is 2.45. The fourth-order valence-corrected chi connectivity index (χ4v) is 5.96. The van der Waals surface area contributed by atoms with Crippen molar-refractivity contribution in [2.75, 3.05) is 13.7 Å². The van der Waals surface area contributed by atoms with Crippen molar-refractivity contribution in [3.63, 3.8) is 0 Å². The molecule has 0 bridgehead atoms. The van der Waals surface area contributed by atoms with Crippen molar-refractivity contribution < 1.29 is 24.2 Å². The highest BCUT2D eigenvalue weighted by atomic mass is 35.5. The number of methoxy groups -OCH3 is 1. The van der Waals surface area contributed by atoms with Gasteiger partial charge in [0.25, 0.3) is 0 Å². The van der Waals surface area contributed by atoms with Crippen LogP contribution in [0.15, 0.2) is 36.2 Å². The molecule has 4 unspecified atom stereocenters. The molecule has 3 N–H and O–H groups in total. The molecule has 0 spiro atoms. The lowest BCUT2D eigenvalue weighted by atomic mass is 10.1. The number of ether oxygens (including phenoxy) is 2. The van der Waals surface area contributed by atoms with E-state index < -0.39 is 17.6 Å². The van der Waals surface area contributed by atoms with Gasteiger partial charge in [0.15, 0.2) is 0 Å². The zero-order valence-electron chi connectivity index (χ0n) is 21.3. The summed E-state index contributed by atoms with van der Waals surface area (Å²) in [5.74, 6) is -0.332. The normalized spacial score (nSPS) is 24.4. The van der Waals surface area contributed by atoms with E-state index >= 15 is 0 Å². The first-order valence-corrected chi connectivity index (χ1v) is 13.6. The second-order valence-corrected chi connectivity index (χ2v) is 11.2. The minimum atomic E-state index is -1.27. The van der Waals surface area contributed by atoms with Crippen molar-refractivity contribution in [2.45, 2.75) is 50.3 Å². The zero-order valence-corrected chi connectivity index (χ0v) is 22.9. The Hall–Kier alpha value is -3.21. The minimum absolute atomic E-state index is 0.275. The molecule has 1 aromatic carbocycles. The van der Waals surface area contributed by atoms with E-state index in [-0.39, 0.29) is 23.8 Å². The summed E-state index contributed by atoms with van der Waals surface area (Å²) in [7, 11) is 1.55. The van der Waals surface area contributed by atoms with Crippen molar-refractivity contribution in [2.24, 2.45) is 5.92 Å². The van der Waals surface area contributed by atoms with Crippen molar-refractivity contribution >= 4 is 45.7 Å². The second kappa shape index (κ2) is 10.2. The summed E-state index contributed by atoms with van der Waals surface area (Å²) in [4.78, 5) is 34.2. The molecule has 200 valence electrons. The Kier molecular flexibility index (Phi) is 7.06. The molecule has 0 radical (unpaired) electrons. The number of carboxylic acid groups (broad SMARTS) is 1. The average Bonchev–Trinajstić information content (AvgIpc) is 3.22. The van der Waals surface area contributed by atoms with E-state index in [0.29, 0.717) is 52.5 Å². The Balaban J connectivity index is 1.40. The number of carboxylic acids is 1. The number of nitrogens with zero attached hydrogens (tertiary/aromatic N) is 2. The smallest absolute Gasteiger partial charge is 0.330 e. The number of fused-ring (bicyclic) bond motifs is 1. The summed E-state index contributed by atoms with van der Waals surface area (Å²) in [5.41, 5.74) is 0.877. The summed E-state index contributed by atoms with van der Waals surface area (Å²) < 4.78 is 11.8. The van der Waals surface area contributed by atoms with Crippen LogP contribution in [-0.4, -0.2) is 58.3 Å². The minimum Gasteiger partial charge on any atom is -0.495 e. The molecule has 3 heterocycles. The number of carbonyl (C=O) groups excluding carboxylic acids is 1. The molecule has 9 nitrogen and oxygen atoms in total. The second-order valence-electron chi connectivity index (χ2n) is 9.96. The van der Waals surface area contributed by atoms with Crippen LogP contribution < -0.4 is 20.1 Å². The van der Waals surface area contributed by atoms with E-state index in [2.05, 4.69) is 31.1 Å². The van der Waals surface area contributed by atoms with Gasteiger partial charge in [0, 0.05) is 35.7 Å². The number of nitrogens with one attached hydrogen (secondary N) is 2. The molecule has 1 saturated heterocycles. The van der Waals surface area contributed by atoms with Crippen molar-refractivity contribution in [3.8, 4) is 22.2 Å². The van der Waals surface area contributed by atoms with Gasteiger partial charge < -0.3 is 25.2 Å². The number of pyridine rings is 1. The number of thiazole rings is 1. The summed E-state index contributed by atoms with van der Waals surface area (Å²) in [6.45, 7) is 8.26. The lowest BCUT2D eigenvalue weighted by Gasteiger charge is -2.18. The fraction of sp³-hybridized carbons (Fsp3) is 0.407. The lowest BCUT2D eigenvalue weighted by molar-refractivity contribution is -0.143. The number of halogens is 1. The van der Waals surface area contributed by atoms with E-state index in [4.69, 9.17) is 31.0 Å². The van der Waals surface area contributed by atoms with Gasteiger partial charge >= 0.3 is 5.97 Å². The van der Waals surface area contributed by atoms with E-state index in [1.54, 1.807) is 19.3 Å². The molecular formula is C27H29ClN4O5S. The Morgan fingerprint density at radius 3 is 2.76 bits per heavy atom. The maximum atomic E-state index is 12.9. The third-order valence-corrected chi connectivity index (χ3v) is 8.37. The highest BCUT2D eigenvalue weighted by molar-refractivity contribution is 7.13. The molecule has 1 saturated carbocycles. The number of carbonyl (C=O) groups is 2. The van der Waals surface area contributed by atoms with E-state index in [1.165, 1.54) is 11.3 Å². The molecule has 1 aliphatic heterocycles. The summed E-state index contributed by atoms with van der Waals surface area (Å²) >= 11 is 8.15. The molecule has 1 aliphatic carbocycles. The predicted octanol–water partition coefficient (Wildman–Crippen LogP) is 4.40. The van der Waals surface area contributed by atoms with E-state index in [9.17, 15) is 14.7 Å². The average molecular weight is 557 g/mol. The van der Waals surface area contributed by atoms with Crippen molar-refractivity contribution in [3.05, 3.63) is 47.0 Å². The maximum absolute atomic E-state index is 12.9. The summed E-state index contributed by atoms with van der Waals surface area (Å²) in [5, 5.41) is 19.3. The molecule has 3 aromatic rings. The van der Waals surface area contributed by atoms with Crippen LogP contribution in [0.1, 0.15) is 38.3 Å². The topological polar surface area (TPSA) is 123 Å². The van der Waals surface area contributed by atoms with Crippen LogP contribution >= 0.6 is 22.9 Å². The maximum Gasteiger partial charge on any atom is 0.330 e. The van der Waals surface area contributed by atoms with Gasteiger partial charge in [0.05, 0.1) is 24.4 Å². The third-order valence-electron chi connectivity index (χ3n) is 7.13. The lowest BCUT2D eigenvalue weighted by Crippen LogP contribution is -2.51. The molecule has 4 atom stereocenters. The monoisotopic (exact) mass is 556 g/mol. The zero-order chi connectivity index (χ0) is 27.2. The van der Waals surface area contributed by atoms with Gasteiger partial charge in [-0.15, -0.1) is 17.9 Å². The molecule has 38 heavy (non-hydrogen) atoms. The van der Waals surface area contributed by atoms with Crippen LogP contribution in [0.25, 0.3) is 21.6 Å². The molecule has 2 aromatic heterocycles. The van der Waals surface area contributed by atoms with Crippen LogP contribution in [0.2, 0.25) is 5.02 Å². The van der Waals surface area contributed by atoms with E-state index in [0.717, 1.165) is 10.7 Å². The van der Waals surface area contributed by atoms with Gasteiger partial charge in [-0.25, -0.2) is 14.8 Å². The first-order valence-electron chi connectivity index (χ1n) is 12.4. The number of benzene rings is 1. The van der Waals surface area contributed by atoms with Gasteiger partial charge in [-0.1, -0.05) is 31.5 Å². The van der Waals surface area contributed by atoms with Crippen molar-refractivity contribution in [1.29, 1.82) is 0 Å². The van der Waals surface area contributed by atoms with Crippen LogP contribution in [0, 0.1) is 5.92 Å². The van der Waals surface area contributed by atoms with Crippen LogP contribution in [0.4, 0.5) is 0 Å². The molecule has 5 rings (SSSR count). The Bertz CT molecular complexity index is 1430. The van der Waals surface area contributed by atoms with Crippen LogP contribution in [0.3, 0.4) is 0 Å². The quantitative estimate of drug-likeness (QED) is 0.331. The van der Waals surface area contributed by atoms with Crippen LogP contribution in [0.5, 0.6) is 11.5 Å². The number of hydrogen-bond acceptors (Lipinski definition) is 8. The van der Waals surface area contributed by atoms with Crippen LogP contribution in [-0.2, 0) is 9.59 Å². The Morgan fingerprint density at radius 2 is 2.13 bits per heavy atom. The van der Waals surface area contributed by atoms with Gasteiger partial charge in [-0.3, -0.25) is 4.79 Å². The molecule has 2 aliphatic rings. The van der Waals surface area contributed by atoms with Gasteiger partial charge in [0.2, 0.25) is 5.91 Å². The SMILES string of the molecule is C=CC1CC1(NC(=O)C1CC(Oc2cc(-c3nc(C(C)C)cs3)nc3c(Cl)c(OC)ccc23)CN1)C(=O)O. The Morgan fingerprint density at radius 1 is 1.34 bits per heavy atom. The molecule has 2 fully saturated rings. The highest BCUT2D eigenvalue weighted by Gasteiger charge is 2.60. The first kappa shape index (κ1) is 26.4. The Labute approximate surface area is 229 Å². The summed E-state index contributed by atoms with van der Waals surface area (Å²) in [6, 6.07) is 4.88. The fourth-order valence-electron chi connectivity index (χ4n) is 4.74.